The van der Waals surface area contributed by atoms with E-state index in [0.717, 1.165) is 42.6 Å². The molecule has 1 aliphatic carbocycles. The predicted octanol–water partition coefficient (Wildman–Crippen LogP) is 6.56. The van der Waals surface area contributed by atoms with Crippen LogP contribution in [0.5, 0.6) is 0 Å². The number of aryl methyl sites for hydroxylation is 1. The lowest BCUT2D eigenvalue weighted by atomic mass is 9.84. The summed E-state index contributed by atoms with van der Waals surface area (Å²) >= 11 is 0. The summed E-state index contributed by atoms with van der Waals surface area (Å²) in [6.45, 7) is 7.05. The van der Waals surface area contributed by atoms with Crippen molar-refractivity contribution in [3.63, 3.8) is 0 Å². The number of hydrogen-bond acceptors (Lipinski definition) is 2. The molecule has 1 atom stereocenters. The third-order valence-corrected chi connectivity index (χ3v) is 5.79. The Hall–Kier alpha value is -2.09. The Balaban J connectivity index is 1.92. The number of rotatable bonds is 7. The highest BCUT2D eigenvalue weighted by Crippen LogP contribution is 2.39. The molecule has 1 unspecified atom stereocenters. The predicted molar refractivity (Wildman–Crippen MR) is 112 cm³/mol. The van der Waals surface area contributed by atoms with Crippen LogP contribution in [0.15, 0.2) is 53.1 Å². The van der Waals surface area contributed by atoms with E-state index in [1.54, 1.807) is 0 Å². The molecule has 0 saturated carbocycles. The lowest BCUT2D eigenvalue weighted by molar-refractivity contribution is -0.116. The van der Waals surface area contributed by atoms with Crippen LogP contribution in [0.3, 0.4) is 0 Å². The van der Waals surface area contributed by atoms with Crippen molar-refractivity contribution in [3.05, 3.63) is 64.3 Å². The van der Waals surface area contributed by atoms with Gasteiger partial charge in [-0.2, -0.15) is 0 Å². The van der Waals surface area contributed by atoms with E-state index in [1.807, 2.05) is 6.92 Å². The normalized spacial score (nSPS) is 20.7. The fourth-order valence-electron chi connectivity index (χ4n) is 3.96. The number of carbonyl (C=O) groups excluding carboxylic acids is 1. The zero-order chi connectivity index (χ0) is 19.2. The molecule has 1 aromatic carbocycles. The van der Waals surface area contributed by atoms with Crippen LogP contribution in [0.4, 0.5) is 0 Å². The molecule has 2 aliphatic rings. The molecule has 0 aromatic heterocycles. The summed E-state index contributed by atoms with van der Waals surface area (Å²) in [6, 6.07) is 8.59. The minimum Gasteiger partial charge on any atom is -0.492 e. The third-order valence-electron chi connectivity index (χ3n) is 5.79. The molecular weight excluding hydrogens is 332 g/mol. The Bertz CT molecular complexity index is 762. The maximum Gasteiger partial charge on any atom is 0.158 e. The molecule has 0 spiro atoms. The van der Waals surface area contributed by atoms with Crippen LogP contribution in [0.2, 0.25) is 0 Å². The molecule has 0 saturated heterocycles. The van der Waals surface area contributed by atoms with Crippen LogP contribution in [-0.4, -0.2) is 12.4 Å². The van der Waals surface area contributed by atoms with Gasteiger partial charge in [0.05, 0.1) is 6.61 Å². The van der Waals surface area contributed by atoms with E-state index in [-0.39, 0.29) is 0 Å². The standard InChI is InChI=1S/C25H32O2/c1-4-5-6-7-9-22-17-27-25(20-14-12-18(2)13-15-20)23(22)16-21-10-8-11-24(26)19(21)3/h7,9,12-15,22H,4-6,8,10-11,16-17H2,1-3H3/b9-7+. The lowest BCUT2D eigenvalue weighted by Gasteiger charge is -2.19. The Kier molecular flexibility index (Phi) is 6.71. The van der Waals surface area contributed by atoms with Crippen molar-refractivity contribution in [1.29, 1.82) is 0 Å². The zero-order valence-corrected chi connectivity index (χ0v) is 17.0. The van der Waals surface area contributed by atoms with Crippen LogP contribution in [0, 0.1) is 12.8 Å². The smallest absolute Gasteiger partial charge is 0.158 e. The first kappa shape index (κ1) is 19.7. The first-order valence-corrected chi connectivity index (χ1v) is 10.4. The van der Waals surface area contributed by atoms with Gasteiger partial charge in [-0.25, -0.2) is 0 Å². The second-order valence-electron chi connectivity index (χ2n) is 7.89. The number of Topliss-reactive ketones (excluding diaryl/α,β-unsaturated/α-hetero) is 1. The van der Waals surface area contributed by atoms with Crippen molar-refractivity contribution < 1.29 is 9.53 Å². The molecule has 0 amide bonds. The highest BCUT2D eigenvalue weighted by molar-refractivity contribution is 5.96. The fourth-order valence-corrected chi connectivity index (χ4v) is 3.96. The Morgan fingerprint density at radius 3 is 2.67 bits per heavy atom. The van der Waals surface area contributed by atoms with Gasteiger partial charge in [0.15, 0.2) is 5.78 Å². The molecule has 3 rings (SSSR count). The third kappa shape index (κ3) is 4.80. The van der Waals surface area contributed by atoms with Crippen LogP contribution < -0.4 is 0 Å². The van der Waals surface area contributed by atoms with Gasteiger partial charge in [-0.3, -0.25) is 4.79 Å². The first-order chi connectivity index (χ1) is 13.1. The topological polar surface area (TPSA) is 26.3 Å². The van der Waals surface area contributed by atoms with Crippen LogP contribution >= 0.6 is 0 Å². The Labute approximate surface area is 164 Å². The van der Waals surface area contributed by atoms with Crippen LogP contribution in [0.25, 0.3) is 5.76 Å². The summed E-state index contributed by atoms with van der Waals surface area (Å²) in [5.41, 5.74) is 6.04. The zero-order valence-electron chi connectivity index (χ0n) is 17.0. The van der Waals surface area contributed by atoms with Crippen LogP contribution in [-0.2, 0) is 9.53 Å². The summed E-state index contributed by atoms with van der Waals surface area (Å²) in [5.74, 6) is 1.66. The van der Waals surface area contributed by atoms with Gasteiger partial charge in [-0.15, -0.1) is 0 Å². The maximum atomic E-state index is 12.2. The number of allylic oxidation sites excluding steroid dienone is 3. The molecule has 1 aliphatic heterocycles. The lowest BCUT2D eigenvalue weighted by Crippen LogP contribution is -2.11. The van der Waals surface area contributed by atoms with Crippen molar-refractivity contribution in [1.82, 2.24) is 0 Å². The molecule has 0 fully saturated rings. The van der Waals surface area contributed by atoms with Gasteiger partial charge in [0.2, 0.25) is 0 Å². The van der Waals surface area contributed by atoms with Gasteiger partial charge in [0.1, 0.15) is 5.76 Å². The monoisotopic (exact) mass is 364 g/mol. The fraction of sp³-hybridized carbons (Fsp3) is 0.480. The molecule has 0 radical (unpaired) electrons. The minimum atomic E-state index is 0.315. The quantitative estimate of drug-likeness (QED) is 0.404. The number of ether oxygens (including phenoxy) is 1. The van der Waals surface area contributed by atoms with E-state index in [2.05, 4.69) is 50.3 Å². The highest BCUT2D eigenvalue weighted by atomic mass is 16.5. The summed E-state index contributed by atoms with van der Waals surface area (Å²) in [4.78, 5) is 12.2. The molecule has 0 N–H and O–H groups in total. The van der Waals surface area contributed by atoms with Gasteiger partial charge in [-0.1, -0.05) is 67.3 Å². The number of carbonyl (C=O) groups is 1. The largest absolute Gasteiger partial charge is 0.492 e. The van der Waals surface area contributed by atoms with E-state index in [4.69, 9.17) is 4.74 Å². The molecule has 1 heterocycles. The van der Waals surface area contributed by atoms with Crippen molar-refractivity contribution >= 4 is 11.5 Å². The highest BCUT2D eigenvalue weighted by Gasteiger charge is 2.28. The number of benzene rings is 1. The molecule has 2 heteroatoms. The number of unbranched alkanes of at least 4 members (excludes halogenated alkanes) is 2. The Morgan fingerprint density at radius 1 is 1.15 bits per heavy atom. The average Bonchev–Trinajstić information content (AvgIpc) is 3.06. The summed E-state index contributed by atoms with van der Waals surface area (Å²) in [7, 11) is 0. The van der Waals surface area contributed by atoms with Gasteiger partial charge in [0.25, 0.3) is 0 Å². The van der Waals surface area contributed by atoms with Gasteiger partial charge >= 0.3 is 0 Å². The Morgan fingerprint density at radius 2 is 1.93 bits per heavy atom. The van der Waals surface area contributed by atoms with E-state index < -0.39 is 0 Å². The van der Waals surface area contributed by atoms with E-state index in [1.165, 1.54) is 29.6 Å². The second-order valence-corrected chi connectivity index (χ2v) is 7.89. The molecule has 27 heavy (non-hydrogen) atoms. The van der Waals surface area contributed by atoms with E-state index in [0.29, 0.717) is 24.7 Å². The minimum absolute atomic E-state index is 0.315. The van der Waals surface area contributed by atoms with Crippen LogP contribution in [0.1, 0.15) is 69.9 Å². The van der Waals surface area contributed by atoms with Gasteiger partial charge in [0, 0.05) is 17.9 Å². The van der Waals surface area contributed by atoms with Crippen molar-refractivity contribution in [2.45, 2.75) is 65.7 Å². The second kappa shape index (κ2) is 9.21. The molecule has 1 aromatic rings. The first-order valence-electron chi connectivity index (χ1n) is 10.4. The number of hydrogen-bond donors (Lipinski definition) is 0. The summed E-state index contributed by atoms with van der Waals surface area (Å²) < 4.78 is 6.19. The average molecular weight is 365 g/mol. The summed E-state index contributed by atoms with van der Waals surface area (Å²) in [5, 5.41) is 0. The molecule has 2 nitrogen and oxygen atoms in total. The number of ketones is 1. The van der Waals surface area contributed by atoms with E-state index in [9.17, 15) is 4.79 Å². The summed E-state index contributed by atoms with van der Waals surface area (Å²) in [6.07, 6.45) is 11.8. The van der Waals surface area contributed by atoms with Gasteiger partial charge < -0.3 is 4.74 Å². The maximum absolute atomic E-state index is 12.2. The molecule has 144 valence electrons. The van der Waals surface area contributed by atoms with E-state index >= 15 is 0 Å². The molecular formula is C25H32O2. The SMILES string of the molecule is CCCC/C=C/C1COC(c2ccc(C)cc2)=C1CC1=C(C)C(=O)CCC1. The van der Waals surface area contributed by atoms with Crippen molar-refractivity contribution in [2.75, 3.05) is 6.61 Å². The molecule has 0 bridgehead atoms. The van der Waals surface area contributed by atoms with Crippen molar-refractivity contribution in [3.8, 4) is 0 Å². The van der Waals surface area contributed by atoms with Crippen molar-refractivity contribution in [2.24, 2.45) is 5.92 Å². The van der Waals surface area contributed by atoms with Gasteiger partial charge in [-0.05, 0) is 50.7 Å².